The number of rotatable bonds is 3. The molecule has 2 rings (SSSR count). The van der Waals surface area contributed by atoms with Crippen molar-refractivity contribution in [2.45, 2.75) is 19.4 Å². The van der Waals surface area contributed by atoms with Gasteiger partial charge in [-0.15, -0.1) is 0 Å². The Morgan fingerprint density at radius 3 is 2.76 bits per heavy atom. The third-order valence-corrected chi connectivity index (χ3v) is 3.37. The molecule has 1 unspecified atom stereocenters. The largest absolute Gasteiger partial charge is 0.461 e. The maximum Gasteiger partial charge on any atom is 0.135 e. The molecule has 2 aromatic rings. The van der Waals surface area contributed by atoms with Gasteiger partial charge in [0.15, 0.2) is 0 Å². The molecule has 0 aliphatic carbocycles. The van der Waals surface area contributed by atoms with Gasteiger partial charge >= 0.3 is 0 Å². The van der Waals surface area contributed by atoms with E-state index < -0.39 is 0 Å². The minimum atomic E-state index is 0.0983. The molecule has 2 N–H and O–H groups in total. The van der Waals surface area contributed by atoms with Crippen LogP contribution in [-0.2, 0) is 6.42 Å². The minimum absolute atomic E-state index is 0.0983. The summed E-state index contributed by atoms with van der Waals surface area (Å²) in [6.45, 7) is 1.96. The molecule has 1 aromatic heterocycles. The van der Waals surface area contributed by atoms with Gasteiger partial charge in [-0.25, -0.2) is 0 Å². The van der Waals surface area contributed by atoms with E-state index in [4.69, 9.17) is 21.8 Å². The lowest BCUT2D eigenvalue weighted by atomic mass is 10.2. The smallest absolute Gasteiger partial charge is 0.135 e. The molecule has 0 amide bonds. The van der Waals surface area contributed by atoms with Gasteiger partial charge in [0, 0.05) is 21.6 Å². The van der Waals surface area contributed by atoms with Crippen LogP contribution < -0.4 is 5.73 Å². The van der Waals surface area contributed by atoms with Gasteiger partial charge < -0.3 is 10.2 Å². The normalized spacial score (nSPS) is 12.7. The lowest BCUT2D eigenvalue weighted by Crippen LogP contribution is -2.17. The van der Waals surface area contributed by atoms with E-state index >= 15 is 0 Å². The Kier molecular flexibility index (Phi) is 4.12. The zero-order valence-corrected chi connectivity index (χ0v) is 12.3. The van der Waals surface area contributed by atoms with Crippen molar-refractivity contribution in [3.8, 4) is 11.3 Å². The van der Waals surface area contributed by atoms with E-state index in [-0.39, 0.29) is 6.04 Å². The molecule has 1 atom stereocenters. The van der Waals surface area contributed by atoms with Crippen molar-refractivity contribution >= 4 is 34.2 Å². The zero-order chi connectivity index (χ0) is 12.4. The van der Waals surface area contributed by atoms with Crippen molar-refractivity contribution in [1.29, 1.82) is 0 Å². The highest BCUT2D eigenvalue weighted by atomic mass is 127. The highest BCUT2D eigenvalue weighted by Crippen LogP contribution is 2.30. The molecular formula is C13H13ClINO. The average molecular weight is 362 g/mol. The van der Waals surface area contributed by atoms with Crippen molar-refractivity contribution in [2.75, 3.05) is 0 Å². The number of nitrogens with two attached hydrogens (primary N) is 1. The second-order valence-corrected chi connectivity index (χ2v) is 5.72. The van der Waals surface area contributed by atoms with Crippen molar-refractivity contribution in [3.05, 3.63) is 44.7 Å². The highest BCUT2D eigenvalue weighted by molar-refractivity contribution is 14.1. The summed E-state index contributed by atoms with van der Waals surface area (Å²) in [6, 6.07) is 9.89. The number of benzene rings is 1. The van der Waals surface area contributed by atoms with E-state index in [1.165, 1.54) is 0 Å². The van der Waals surface area contributed by atoms with E-state index in [9.17, 15) is 0 Å². The van der Waals surface area contributed by atoms with Crippen LogP contribution >= 0.6 is 34.2 Å². The molecule has 0 spiro atoms. The molecule has 4 heteroatoms. The SMILES string of the molecule is CC(N)Cc1ccc(-c2ccc(I)cc2Cl)o1. The first kappa shape index (κ1) is 12.9. The van der Waals surface area contributed by atoms with Crippen LogP contribution in [0.4, 0.5) is 0 Å². The Morgan fingerprint density at radius 1 is 1.35 bits per heavy atom. The van der Waals surface area contributed by atoms with E-state index in [0.29, 0.717) is 5.02 Å². The molecule has 0 aliphatic rings. The molecule has 1 aromatic carbocycles. The standard InChI is InChI=1S/C13H13ClINO/c1-8(16)6-10-3-5-13(17-10)11-4-2-9(15)7-12(11)14/h2-5,7-8H,6,16H2,1H3. The summed E-state index contributed by atoms with van der Waals surface area (Å²) in [7, 11) is 0. The molecule has 90 valence electrons. The monoisotopic (exact) mass is 361 g/mol. The average Bonchev–Trinajstić information content (AvgIpc) is 2.65. The molecule has 0 radical (unpaired) electrons. The summed E-state index contributed by atoms with van der Waals surface area (Å²) < 4.78 is 6.84. The molecule has 0 saturated carbocycles. The predicted octanol–water partition coefficient (Wildman–Crippen LogP) is 4.09. The van der Waals surface area contributed by atoms with Gasteiger partial charge in [0.2, 0.25) is 0 Å². The second-order valence-electron chi connectivity index (χ2n) is 4.07. The minimum Gasteiger partial charge on any atom is -0.461 e. The summed E-state index contributed by atoms with van der Waals surface area (Å²) in [5, 5.41) is 0.707. The first-order chi connectivity index (χ1) is 8.06. The number of hydrogen-bond acceptors (Lipinski definition) is 2. The second kappa shape index (κ2) is 5.42. The highest BCUT2D eigenvalue weighted by Gasteiger charge is 2.09. The van der Waals surface area contributed by atoms with Gasteiger partial charge in [-0.2, -0.15) is 0 Å². The number of hydrogen-bond donors (Lipinski definition) is 1. The molecule has 1 heterocycles. The van der Waals surface area contributed by atoms with Crippen molar-refractivity contribution < 1.29 is 4.42 Å². The van der Waals surface area contributed by atoms with Gasteiger partial charge in [0.25, 0.3) is 0 Å². The van der Waals surface area contributed by atoms with Crippen molar-refractivity contribution in [1.82, 2.24) is 0 Å². The third kappa shape index (κ3) is 3.24. The van der Waals surface area contributed by atoms with E-state index in [1.807, 2.05) is 37.3 Å². The van der Waals surface area contributed by atoms with Crippen LogP contribution in [0.15, 0.2) is 34.7 Å². The maximum absolute atomic E-state index is 6.19. The van der Waals surface area contributed by atoms with Gasteiger partial charge in [0.1, 0.15) is 11.5 Å². The fourth-order valence-electron chi connectivity index (χ4n) is 1.64. The molecule has 17 heavy (non-hydrogen) atoms. The van der Waals surface area contributed by atoms with Crippen LogP contribution in [0.25, 0.3) is 11.3 Å². The van der Waals surface area contributed by atoms with E-state index in [1.54, 1.807) is 0 Å². The molecule has 0 bridgehead atoms. The number of furan rings is 1. The Balaban J connectivity index is 2.30. The topological polar surface area (TPSA) is 39.2 Å². The number of halogens is 2. The summed E-state index contributed by atoms with van der Waals surface area (Å²) in [4.78, 5) is 0. The van der Waals surface area contributed by atoms with E-state index in [0.717, 1.165) is 27.1 Å². The quantitative estimate of drug-likeness (QED) is 0.836. The van der Waals surface area contributed by atoms with Crippen LogP contribution in [-0.4, -0.2) is 6.04 Å². The van der Waals surface area contributed by atoms with Gasteiger partial charge in [-0.1, -0.05) is 11.6 Å². The first-order valence-corrected chi connectivity index (χ1v) is 6.81. The third-order valence-electron chi connectivity index (χ3n) is 2.38. The maximum atomic E-state index is 6.19. The predicted molar refractivity (Wildman–Crippen MR) is 79.2 cm³/mol. The first-order valence-electron chi connectivity index (χ1n) is 5.36. The summed E-state index contributed by atoms with van der Waals surface area (Å²) in [5.41, 5.74) is 6.65. The zero-order valence-electron chi connectivity index (χ0n) is 9.41. The van der Waals surface area contributed by atoms with Crippen LogP contribution in [0.1, 0.15) is 12.7 Å². The van der Waals surface area contributed by atoms with Crippen LogP contribution in [0.5, 0.6) is 0 Å². The van der Waals surface area contributed by atoms with Gasteiger partial charge in [-0.05, 0) is 59.8 Å². The molecule has 2 nitrogen and oxygen atoms in total. The summed E-state index contributed by atoms with van der Waals surface area (Å²) in [6.07, 6.45) is 0.738. The van der Waals surface area contributed by atoms with Gasteiger partial charge in [-0.3, -0.25) is 0 Å². The Bertz CT molecular complexity index is 522. The Hall–Kier alpha value is -0.520. The lowest BCUT2D eigenvalue weighted by Gasteiger charge is -2.03. The van der Waals surface area contributed by atoms with E-state index in [2.05, 4.69) is 22.6 Å². The molecule has 0 aliphatic heterocycles. The molecule has 0 fully saturated rings. The van der Waals surface area contributed by atoms with Crippen molar-refractivity contribution in [2.24, 2.45) is 5.73 Å². The Morgan fingerprint density at radius 2 is 2.12 bits per heavy atom. The summed E-state index contributed by atoms with van der Waals surface area (Å²) in [5.74, 6) is 1.69. The van der Waals surface area contributed by atoms with Gasteiger partial charge in [0.05, 0.1) is 5.02 Å². The van der Waals surface area contributed by atoms with Crippen molar-refractivity contribution in [3.63, 3.8) is 0 Å². The Labute approximate surface area is 119 Å². The summed E-state index contributed by atoms with van der Waals surface area (Å²) >= 11 is 8.42. The lowest BCUT2D eigenvalue weighted by molar-refractivity contribution is 0.503. The fraction of sp³-hybridized carbons (Fsp3) is 0.231. The van der Waals surface area contributed by atoms with Crippen LogP contribution in [0.3, 0.4) is 0 Å². The molecular weight excluding hydrogens is 349 g/mol. The van der Waals surface area contributed by atoms with Crippen LogP contribution in [0, 0.1) is 3.57 Å². The molecule has 0 saturated heterocycles. The fourth-order valence-corrected chi connectivity index (χ4v) is 2.59. The van der Waals surface area contributed by atoms with Crippen LogP contribution in [0.2, 0.25) is 5.02 Å².